The number of carbonyl (C=O) groups is 1. The van der Waals surface area contributed by atoms with Crippen molar-refractivity contribution in [3.05, 3.63) is 28.8 Å². The maximum atomic E-state index is 11.5. The number of rotatable bonds is 4. The van der Waals surface area contributed by atoms with Gasteiger partial charge >= 0.3 is 5.97 Å². The third-order valence-electron chi connectivity index (χ3n) is 3.86. The van der Waals surface area contributed by atoms with Gasteiger partial charge in [0.05, 0.1) is 23.4 Å². The lowest BCUT2D eigenvalue weighted by molar-refractivity contribution is 0.0601. The number of halogens is 1. The van der Waals surface area contributed by atoms with E-state index in [4.69, 9.17) is 16.3 Å². The Bertz CT molecular complexity index is 467. The normalized spacial score (nSPS) is 21.9. The molecule has 19 heavy (non-hydrogen) atoms. The molecule has 0 radical (unpaired) electrons. The predicted octanol–water partition coefficient (Wildman–Crippen LogP) is 3.97. The molecule has 0 aliphatic heterocycles. The first-order chi connectivity index (χ1) is 9.01. The summed E-state index contributed by atoms with van der Waals surface area (Å²) >= 11 is 6.15. The molecule has 0 amide bonds. The van der Waals surface area contributed by atoms with Crippen LogP contribution in [0.2, 0.25) is 5.02 Å². The Kier molecular flexibility index (Phi) is 4.35. The van der Waals surface area contributed by atoms with E-state index in [0.717, 1.165) is 30.4 Å². The first-order valence-electron chi connectivity index (χ1n) is 6.65. The Morgan fingerprint density at radius 1 is 1.42 bits per heavy atom. The summed E-state index contributed by atoms with van der Waals surface area (Å²) in [5.74, 6) is 1.18. The predicted molar refractivity (Wildman–Crippen MR) is 77.8 cm³/mol. The molecule has 4 heteroatoms. The van der Waals surface area contributed by atoms with Gasteiger partial charge in [0.25, 0.3) is 0 Å². The molecule has 0 bridgehead atoms. The largest absolute Gasteiger partial charge is 0.465 e. The van der Waals surface area contributed by atoms with Gasteiger partial charge in [-0.2, -0.15) is 0 Å². The van der Waals surface area contributed by atoms with Crippen molar-refractivity contribution in [3.8, 4) is 0 Å². The minimum absolute atomic E-state index is 0.339. The van der Waals surface area contributed by atoms with Crippen molar-refractivity contribution >= 4 is 23.3 Å². The Labute approximate surface area is 119 Å². The van der Waals surface area contributed by atoms with Crippen LogP contribution in [0.5, 0.6) is 0 Å². The number of carbonyl (C=O) groups excluding carboxylic acids is 1. The van der Waals surface area contributed by atoms with Crippen molar-refractivity contribution < 1.29 is 9.53 Å². The zero-order valence-corrected chi connectivity index (χ0v) is 12.3. The molecule has 1 N–H and O–H groups in total. The second-order valence-corrected chi connectivity index (χ2v) is 5.91. The SMILES string of the molecule is COC(=O)c1ccc(Cl)c(NC2CC(C(C)C)C2)c1. The van der Waals surface area contributed by atoms with E-state index in [9.17, 15) is 4.79 Å². The molecule has 1 fully saturated rings. The topological polar surface area (TPSA) is 38.3 Å². The molecule has 0 spiro atoms. The number of methoxy groups -OCH3 is 1. The summed E-state index contributed by atoms with van der Waals surface area (Å²) in [6.07, 6.45) is 2.33. The molecular weight excluding hydrogens is 262 g/mol. The minimum Gasteiger partial charge on any atom is -0.465 e. The van der Waals surface area contributed by atoms with E-state index in [2.05, 4.69) is 19.2 Å². The van der Waals surface area contributed by atoms with Crippen LogP contribution < -0.4 is 5.32 Å². The highest BCUT2D eigenvalue weighted by molar-refractivity contribution is 6.33. The van der Waals surface area contributed by atoms with Crippen LogP contribution in [0.1, 0.15) is 37.0 Å². The van der Waals surface area contributed by atoms with Gasteiger partial charge in [-0.15, -0.1) is 0 Å². The Morgan fingerprint density at radius 2 is 2.11 bits per heavy atom. The second-order valence-electron chi connectivity index (χ2n) is 5.50. The van der Waals surface area contributed by atoms with E-state index in [1.54, 1.807) is 18.2 Å². The molecule has 2 rings (SSSR count). The van der Waals surface area contributed by atoms with E-state index in [1.165, 1.54) is 7.11 Å². The third kappa shape index (κ3) is 3.21. The molecule has 0 atom stereocenters. The van der Waals surface area contributed by atoms with Crippen molar-refractivity contribution in [2.75, 3.05) is 12.4 Å². The zero-order chi connectivity index (χ0) is 14.0. The molecule has 0 unspecified atom stereocenters. The van der Waals surface area contributed by atoms with Gasteiger partial charge < -0.3 is 10.1 Å². The molecule has 1 aromatic carbocycles. The number of benzene rings is 1. The first kappa shape index (κ1) is 14.2. The van der Waals surface area contributed by atoms with Crippen molar-refractivity contribution in [3.63, 3.8) is 0 Å². The lowest BCUT2D eigenvalue weighted by Crippen LogP contribution is -2.38. The van der Waals surface area contributed by atoms with Crippen LogP contribution in [0.25, 0.3) is 0 Å². The van der Waals surface area contributed by atoms with Crippen LogP contribution in [0.3, 0.4) is 0 Å². The van der Waals surface area contributed by atoms with E-state index in [-0.39, 0.29) is 5.97 Å². The van der Waals surface area contributed by atoms with Crippen molar-refractivity contribution in [1.29, 1.82) is 0 Å². The molecular formula is C15H20ClNO2. The van der Waals surface area contributed by atoms with Crippen LogP contribution in [0.4, 0.5) is 5.69 Å². The van der Waals surface area contributed by atoms with Crippen molar-refractivity contribution in [1.82, 2.24) is 0 Å². The smallest absolute Gasteiger partial charge is 0.337 e. The van der Waals surface area contributed by atoms with E-state index >= 15 is 0 Å². The summed E-state index contributed by atoms with van der Waals surface area (Å²) in [6.45, 7) is 4.51. The van der Waals surface area contributed by atoms with Gasteiger partial charge in [0.2, 0.25) is 0 Å². The number of anilines is 1. The van der Waals surface area contributed by atoms with Crippen molar-refractivity contribution in [2.45, 2.75) is 32.7 Å². The average Bonchev–Trinajstić information content (AvgIpc) is 2.33. The van der Waals surface area contributed by atoms with Gasteiger partial charge in [0.15, 0.2) is 0 Å². The molecule has 3 nitrogen and oxygen atoms in total. The van der Waals surface area contributed by atoms with Crippen molar-refractivity contribution in [2.24, 2.45) is 11.8 Å². The monoisotopic (exact) mass is 281 g/mol. The molecule has 104 valence electrons. The first-order valence-corrected chi connectivity index (χ1v) is 7.03. The number of esters is 1. The number of nitrogens with one attached hydrogen (secondary N) is 1. The van der Waals surface area contributed by atoms with Crippen LogP contribution >= 0.6 is 11.6 Å². The van der Waals surface area contributed by atoms with Gasteiger partial charge in [0, 0.05) is 6.04 Å². The van der Waals surface area contributed by atoms with Crippen LogP contribution in [-0.4, -0.2) is 19.1 Å². The molecule has 0 saturated heterocycles. The van der Waals surface area contributed by atoms with Crippen LogP contribution in [0, 0.1) is 11.8 Å². The minimum atomic E-state index is -0.339. The second kappa shape index (κ2) is 5.83. The fourth-order valence-corrected chi connectivity index (χ4v) is 2.60. The van der Waals surface area contributed by atoms with E-state index < -0.39 is 0 Å². The van der Waals surface area contributed by atoms with Gasteiger partial charge in [-0.05, 0) is 42.9 Å². The summed E-state index contributed by atoms with van der Waals surface area (Å²) in [5.41, 5.74) is 1.34. The Morgan fingerprint density at radius 3 is 2.68 bits per heavy atom. The maximum Gasteiger partial charge on any atom is 0.337 e. The molecule has 1 aliphatic carbocycles. The molecule has 1 aliphatic rings. The molecule has 1 saturated carbocycles. The molecule has 0 heterocycles. The molecule has 1 aromatic rings. The van der Waals surface area contributed by atoms with E-state index in [0.29, 0.717) is 16.6 Å². The number of ether oxygens (including phenoxy) is 1. The van der Waals surface area contributed by atoms with Gasteiger partial charge in [-0.25, -0.2) is 4.79 Å². The van der Waals surface area contributed by atoms with Gasteiger partial charge in [0.1, 0.15) is 0 Å². The summed E-state index contributed by atoms with van der Waals surface area (Å²) in [5, 5.41) is 4.05. The lowest BCUT2D eigenvalue weighted by atomic mass is 9.73. The highest BCUT2D eigenvalue weighted by atomic mass is 35.5. The third-order valence-corrected chi connectivity index (χ3v) is 4.19. The molecule has 0 aromatic heterocycles. The van der Waals surface area contributed by atoms with E-state index in [1.807, 2.05) is 0 Å². The standard InChI is InChI=1S/C15H20ClNO2/c1-9(2)11-6-12(7-11)17-14-8-10(15(18)19-3)4-5-13(14)16/h4-5,8-9,11-12,17H,6-7H2,1-3H3. The fraction of sp³-hybridized carbons (Fsp3) is 0.533. The highest BCUT2D eigenvalue weighted by Gasteiger charge is 2.31. The maximum absolute atomic E-state index is 11.5. The zero-order valence-electron chi connectivity index (χ0n) is 11.6. The number of hydrogen-bond acceptors (Lipinski definition) is 3. The Hall–Kier alpha value is -1.22. The number of hydrogen-bond donors (Lipinski definition) is 1. The summed E-state index contributed by atoms with van der Waals surface area (Å²) in [4.78, 5) is 11.5. The summed E-state index contributed by atoms with van der Waals surface area (Å²) in [6, 6.07) is 5.63. The van der Waals surface area contributed by atoms with Gasteiger partial charge in [-0.1, -0.05) is 25.4 Å². The fourth-order valence-electron chi connectivity index (χ4n) is 2.42. The summed E-state index contributed by atoms with van der Waals surface area (Å²) < 4.78 is 4.72. The quantitative estimate of drug-likeness (QED) is 0.849. The van der Waals surface area contributed by atoms with Crippen LogP contribution in [-0.2, 0) is 4.74 Å². The Balaban J connectivity index is 2.02. The highest BCUT2D eigenvalue weighted by Crippen LogP contribution is 2.36. The van der Waals surface area contributed by atoms with Gasteiger partial charge in [-0.3, -0.25) is 0 Å². The summed E-state index contributed by atoms with van der Waals surface area (Å²) in [7, 11) is 1.38. The lowest BCUT2D eigenvalue weighted by Gasteiger charge is -2.39. The van der Waals surface area contributed by atoms with Crippen LogP contribution in [0.15, 0.2) is 18.2 Å². The average molecular weight is 282 g/mol.